The lowest BCUT2D eigenvalue weighted by molar-refractivity contribution is -0.114. The zero-order valence-electron chi connectivity index (χ0n) is 10.9. The van der Waals surface area contributed by atoms with Gasteiger partial charge in [-0.05, 0) is 31.0 Å². The molecule has 2 rings (SSSR count). The molecular weight excluding hydrogens is 303 g/mol. The first-order valence-corrected chi connectivity index (χ1v) is 6.60. The molecule has 1 unspecified atom stereocenters. The number of halogens is 2. The number of nitrogens with two attached hydrogens (primary N) is 1. The van der Waals surface area contributed by atoms with Crippen LogP contribution in [0, 0.1) is 0 Å². The van der Waals surface area contributed by atoms with Gasteiger partial charge in [-0.3, -0.25) is 4.79 Å². The topological polar surface area (TPSA) is 73.6 Å². The smallest absolute Gasteiger partial charge is 0.238 e. The first-order valence-electron chi connectivity index (χ1n) is 6.23. The molecule has 0 aliphatic carbocycles. The molecule has 5 nitrogen and oxygen atoms in total. The molecule has 1 saturated heterocycles. The van der Waals surface area contributed by atoms with Crippen molar-refractivity contribution in [2.45, 2.75) is 18.9 Å². The van der Waals surface area contributed by atoms with Gasteiger partial charge < -0.3 is 20.5 Å². The minimum Gasteiger partial charge on any atom is -0.489 e. The van der Waals surface area contributed by atoms with E-state index in [2.05, 4.69) is 5.32 Å². The fraction of sp³-hybridized carbons (Fsp3) is 0.462. The van der Waals surface area contributed by atoms with Gasteiger partial charge in [0.1, 0.15) is 12.4 Å². The highest BCUT2D eigenvalue weighted by Crippen LogP contribution is 2.28. The summed E-state index contributed by atoms with van der Waals surface area (Å²) < 4.78 is 11.2. The third-order valence-electron chi connectivity index (χ3n) is 2.85. The highest BCUT2D eigenvalue weighted by Gasteiger charge is 2.17. The van der Waals surface area contributed by atoms with Crippen LogP contribution in [0.4, 0.5) is 5.69 Å². The van der Waals surface area contributed by atoms with Crippen molar-refractivity contribution in [1.29, 1.82) is 0 Å². The number of carbonyl (C=O) groups is 1. The minimum atomic E-state index is -0.288. The molecule has 20 heavy (non-hydrogen) atoms. The number of ether oxygens (including phenoxy) is 2. The number of anilines is 1. The fourth-order valence-electron chi connectivity index (χ4n) is 1.89. The Kier molecular flexibility index (Phi) is 7.09. The zero-order chi connectivity index (χ0) is 13.7. The number of benzene rings is 1. The van der Waals surface area contributed by atoms with Crippen LogP contribution in [0.5, 0.6) is 5.75 Å². The first kappa shape index (κ1) is 17.0. The van der Waals surface area contributed by atoms with Crippen molar-refractivity contribution < 1.29 is 14.3 Å². The van der Waals surface area contributed by atoms with Crippen LogP contribution in [0.25, 0.3) is 0 Å². The first-order chi connectivity index (χ1) is 9.19. The van der Waals surface area contributed by atoms with Gasteiger partial charge in [0.2, 0.25) is 5.91 Å². The van der Waals surface area contributed by atoms with Crippen LogP contribution < -0.4 is 15.8 Å². The summed E-state index contributed by atoms with van der Waals surface area (Å²) >= 11 is 5.91. The SMILES string of the molecule is Cl.NCC(=O)Nc1cc(Cl)ccc1OCC1CCCO1. The molecule has 1 atom stereocenters. The Balaban J connectivity index is 0.00000200. The summed E-state index contributed by atoms with van der Waals surface area (Å²) in [5.74, 6) is 0.283. The van der Waals surface area contributed by atoms with E-state index < -0.39 is 0 Å². The third kappa shape index (κ3) is 4.83. The Hall–Kier alpha value is -1.01. The maximum absolute atomic E-state index is 11.3. The van der Waals surface area contributed by atoms with E-state index in [9.17, 15) is 4.79 Å². The van der Waals surface area contributed by atoms with E-state index in [-0.39, 0.29) is 31.0 Å². The van der Waals surface area contributed by atoms with Gasteiger partial charge in [0, 0.05) is 11.6 Å². The Morgan fingerprint density at radius 3 is 3.00 bits per heavy atom. The van der Waals surface area contributed by atoms with Crippen molar-refractivity contribution in [2.24, 2.45) is 5.73 Å². The average molecular weight is 321 g/mol. The standard InChI is InChI=1S/C13H17ClN2O3.ClH/c14-9-3-4-12(11(6-9)16-13(17)7-15)19-8-10-2-1-5-18-10;/h3-4,6,10H,1-2,5,7-8,15H2,(H,16,17);1H. The van der Waals surface area contributed by atoms with Crippen molar-refractivity contribution >= 4 is 35.6 Å². The van der Waals surface area contributed by atoms with Crippen LogP contribution in [0.15, 0.2) is 18.2 Å². The van der Waals surface area contributed by atoms with Crippen molar-refractivity contribution in [1.82, 2.24) is 0 Å². The predicted octanol–water partition coefficient (Wildman–Crippen LogP) is 2.22. The van der Waals surface area contributed by atoms with Gasteiger partial charge >= 0.3 is 0 Å². The predicted molar refractivity (Wildman–Crippen MR) is 80.9 cm³/mol. The summed E-state index contributed by atoms with van der Waals surface area (Å²) in [6.07, 6.45) is 2.18. The molecule has 0 radical (unpaired) electrons. The number of amides is 1. The van der Waals surface area contributed by atoms with E-state index in [1.807, 2.05) is 0 Å². The van der Waals surface area contributed by atoms with Crippen molar-refractivity contribution in [2.75, 3.05) is 25.1 Å². The lowest BCUT2D eigenvalue weighted by Gasteiger charge is -2.15. The maximum Gasteiger partial charge on any atom is 0.238 e. The molecule has 0 saturated carbocycles. The van der Waals surface area contributed by atoms with E-state index in [0.29, 0.717) is 23.1 Å². The summed E-state index contributed by atoms with van der Waals surface area (Å²) in [6, 6.07) is 5.08. The molecule has 0 spiro atoms. The molecular formula is C13H18Cl2N2O3. The van der Waals surface area contributed by atoms with Gasteiger partial charge in [-0.15, -0.1) is 12.4 Å². The van der Waals surface area contributed by atoms with Crippen LogP contribution in [-0.4, -0.2) is 31.8 Å². The van der Waals surface area contributed by atoms with Gasteiger partial charge in [-0.2, -0.15) is 0 Å². The number of nitrogens with one attached hydrogen (secondary N) is 1. The fourth-order valence-corrected chi connectivity index (χ4v) is 2.06. The van der Waals surface area contributed by atoms with Gasteiger partial charge in [-0.1, -0.05) is 11.6 Å². The molecule has 1 heterocycles. The van der Waals surface area contributed by atoms with Gasteiger partial charge in [0.05, 0.1) is 18.3 Å². The molecule has 1 aromatic rings. The molecule has 0 bridgehead atoms. The van der Waals surface area contributed by atoms with E-state index >= 15 is 0 Å². The molecule has 1 aliphatic rings. The molecule has 1 aromatic carbocycles. The minimum absolute atomic E-state index is 0. The lowest BCUT2D eigenvalue weighted by Crippen LogP contribution is -2.23. The molecule has 1 amide bonds. The summed E-state index contributed by atoms with van der Waals surface area (Å²) in [4.78, 5) is 11.3. The second-order valence-electron chi connectivity index (χ2n) is 4.34. The van der Waals surface area contributed by atoms with Crippen molar-refractivity contribution in [3.8, 4) is 5.75 Å². The number of hydrogen-bond donors (Lipinski definition) is 2. The molecule has 112 valence electrons. The Morgan fingerprint density at radius 2 is 2.35 bits per heavy atom. The van der Waals surface area contributed by atoms with Gasteiger partial charge in [0.25, 0.3) is 0 Å². The summed E-state index contributed by atoms with van der Waals surface area (Å²) in [5, 5.41) is 3.19. The highest BCUT2D eigenvalue weighted by molar-refractivity contribution is 6.31. The van der Waals surface area contributed by atoms with Gasteiger partial charge in [0.15, 0.2) is 0 Å². The quantitative estimate of drug-likeness (QED) is 0.872. The molecule has 1 aliphatic heterocycles. The third-order valence-corrected chi connectivity index (χ3v) is 3.08. The van der Waals surface area contributed by atoms with Crippen molar-refractivity contribution in [3.63, 3.8) is 0 Å². The van der Waals surface area contributed by atoms with E-state index in [1.165, 1.54) is 0 Å². The normalized spacial score (nSPS) is 17.4. The zero-order valence-corrected chi connectivity index (χ0v) is 12.5. The van der Waals surface area contributed by atoms with E-state index in [1.54, 1.807) is 18.2 Å². The van der Waals surface area contributed by atoms with Crippen LogP contribution in [-0.2, 0) is 9.53 Å². The number of rotatable bonds is 5. The molecule has 7 heteroatoms. The van der Waals surface area contributed by atoms with Crippen LogP contribution in [0.1, 0.15) is 12.8 Å². The molecule has 0 aromatic heterocycles. The average Bonchev–Trinajstić information content (AvgIpc) is 2.91. The summed E-state index contributed by atoms with van der Waals surface area (Å²) in [7, 11) is 0. The lowest BCUT2D eigenvalue weighted by atomic mass is 10.2. The second kappa shape index (κ2) is 8.32. The summed E-state index contributed by atoms with van der Waals surface area (Å²) in [6.45, 7) is 1.16. The Morgan fingerprint density at radius 1 is 1.55 bits per heavy atom. The van der Waals surface area contributed by atoms with Crippen LogP contribution in [0.2, 0.25) is 5.02 Å². The largest absolute Gasteiger partial charge is 0.489 e. The Bertz CT molecular complexity index is 451. The summed E-state index contributed by atoms with van der Waals surface area (Å²) in [5.41, 5.74) is 5.80. The number of carbonyl (C=O) groups excluding carboxylic acids is 1. The second-order valence-corrected chi connectivity index (χ2v) is 4.78. The Labute approximate surface area is 129 Å². The maximum atomic E-state index is 11.3. The highest BCUT2D eigenvalue weighted by atomic mass is 35.5. The van der Waals surface area contributed by atoms with E-state index in [4.69, 9.17) is 26.8 Å². The molecule has 3 N–H and O–H groups in total. The monoisotopic (exact) mass is 320 g/mol. The van der Waals surface area contributed by atoms with Crippen LogP contribution >= 0.6 is 24.0 Å². The van der Waals surface area contributed by atoms with E-state index in [0.717, 1.165) is 19.4 Å². The number of hydrogen-bond acceptors (Lipinski definition) is 4. The van der Waals surface area contributed by atoms with Gasteiger partial charge in [-0.25, -0.2) is 0 Å². The van der Waals surface area contributed by atoms with Crippen molar-refractivity contribution in [3.05, 3.63) is 23.2 Å². The molecule has 1 fully saturated rings. The van der Waals surface area contributed by atoms with Crippen LogP contribution in [0.3, 0.4) is 0 Å².